The maximum Gasteiger partial charge on any atom is 0.407 e. The smallest absolute Gasteiger partial charge is 0.407 e. The van der Waals surface area contributed by atoms with Gasteiger partial charge in [0.25, 0.3) is 0 Å². The summed E-state index contributed by atoms with van der Waals surface area (Å²) in [5.74, 6) is -1.69. The molecule has 0 aromatic heterocycles. The summed E-state index contributed by atoms with van der Waals surface area (Å²) in [7, 11) is 1.39. The van der Waals surface area contributed by atoms with E-state index < -0.39 is 30.1 Å². The van der Waals surface area contributed by atoms with Crippen molar-refractivity contribution in [3.05, 3.63) is 59.7 Å². The SMILES string of the molecule is CCC(C(=O)O)N(C)C(=O)CC(O)CNC(=O)OCC1c2ccccc2-c2ccccc21. The van der Waals surface area contributed by atoms with E-state index >= 15 is 0 Å². The lowest BCUT2D eigenvalue weighted by molar-refractivity contribution is -0.149. The zero-order valence-electron chi connectivity index (χ0n) is 18.2. The Hall–Kier alpha value is -3.39. The number of carboxylic acids is 1. The molecule has 0 heterocycles. The van der Waals surface area contributed by atoms with E-state index in [9.17, 15) is 19.5 Å². The third-order valence-electron chi connectivity index (χ3n) is 5.77. The Morgan fingerprint density at radius 2 is 1.62 bits per heavy atom. The van der Waals surface area contributed by atoms with Crippen LogP contribution in [0.2, 0.25) is 0 Å². The maximum atomic E-state index is 12.2. The molecule has 1 aliphatic carbocycles. The van der Waals surface area contributed by atoms with Crippen molar-refractivity contribution in [1.82, 2.24) is 10.2 Å². The first kappa shape index (κ1) is 23.3. The van der Waals surface area contributed by atoms with Crippen LogP contribution in [0.25, 0.3) is 11.1 Å². The molecule has 2 aromatic carbocycles. The van der Waals surface area contributed by atoms with E-state index in [4.69, 9.17) is 9.84 Å². The monoisotopic (exact) mass is 440 g/mol. The van der Waals surface area contributed by atoms with Gasteiger partial charge < -0.3 is 25.2 Å². The summed E-state index contributed by atoms with van der Waals surface area (Å²) in [6.07, 6.45) is -1.89. The molecule has 0 saturated heterocycles. The quantitative estimate of drug-likeness (QED) is 0.552. The minimum absolute atomic E-state index is 0.0738. The van der Waals surface area contributed by atoms with E-state index in [0.29, 0.717) is 0 Å². The predicted molar refractivity (Wildman–Crippen MR) is 118 cm³/mol. The van der Waals surface area contributed by atoms with Gasteiger partial charge in [-0.15, -0.1) is 0 Å². The molecular weight excluding hydrogens is 412 g/mol. The highest BCUT2D eigenvalue weighted by molar-refractivity contribution is 5.83. The Kier molecular flexibility index (Phi) is 7.48. The first-order valence-electron chi connectivity index (χ1n) is 10.6. The van der Waals surface area contributed by atoms with Crippen LogP contribution >= 0.6 is 0 Å². The Morgan fingerprint density at radius 3 is 2.16 bits per heavy atom. The van der Waals surface area contributed by atoms with Crippen LogP contribution < -0.4 is 5.32 Å². The largest absolute Gasteiger partial charge is 0.480 e. The van der Waals surface area contributed by atoms with Crippen LogP contribution in [0, 0.1) is 0 Å². The number of benzene rings is 2. The van der Waals surface area contributed by atoms with E-state index in [1.165, 1.54) is 7.05 Å². The molecule has 3 N–H and O–H groups in total. The Balaban J connectivity index is 1.50. The lowest BCUT2D eigenvalue weighted by atomic mass is 9.98. The number of aliphatic hydroxyl groups is 1. The second-order valence-electron chi connectivity index (χ2n) is 7.83. The number of amides is 2. The van der Waals surface area contributed by atoms with Crippen LogP contribution in [-0.4, -0.2) is 65.4 Å². The number of nitrogens with zero attached hydrogens (tertiary/aromatic N) is 1. The Morgan fingerprint density at radius 1 is 1.06 bits per heavy atom. The third-order valence-corrected chi connectivity index (χ3v) is 5.77. The van der Waals surface area contributed by atoms with Gasteiger partial charge in [-0.1, -0.05) is 55.5 Å². The van der Waals surface area contributed by atoms with Crippen molar-refractivity contribution in [2.24, 2.45) is 0 Å². The maximum absolute atomic E-state index is 12.2. The molecule has 2 amide bonds. The molecule has 8 heteroatoms. The predicted octanol–water partition coefficient (Wildman–Crippen LogP) is 2.60. The van der Waals surface area contributed by atoms with Crippen molar-refractivity contribution in [2.75, 3.05) is 20.2 Å². The van der Waals surface area contributed by atoms with Crippen molar-refractivity contribution in [1.29, 1.82) is 0 Å². The molecule has 0 aliphatic heterocycles. The van der Waals surface area contributed by atoms with Crippen molar-refractivity contribution >= 4 is 18.0 Å². The molecule has 0 fully saturated rings. The minimum Gasteiger partial charge on any atom is -0.480 e. The van der Waals surface area contributed by atoms with Crippen LogP contribution in [0.4, 0.5) is 4.79 Å². The van der Waals surface area contributed by atoms with Gasteiger partial charge in [0.1, 0.15) is 12.6 Å². The highest BCUT2D eigenvalue weighted by atomic mass is 16.5. The number of hydrogen-bond donors (Lipinski definition) is 3. The van der Waals surface area contributed by atoms with E-state index in [-0.39, 0.29) is 31.9 Å². The number of carbonyl (C=O) groups excluding carboxylic acids is 2. The molecule has 0 radical (unpaired) electrons. The summed E-state index contributed by atoms with van der Waals surface area (Å²) in [5, 5.41) is 21.7. The first-order valence-corrected chi connectivity index (χ1v) is 10.6. The number of carbonyl (C=O) groups is 3. The van der Waals surface area contributed by atoms with Crippen molar-refractivity contribution in [3.8, 4) is 11.1 Å². The van der Waals surface area contributed by atoms with Crippen molar-refractivity contribution < 1.29 is 29.3 Å². The molecule has 1 aliphatic rings. The fourth-order valence-corrected chi connectivity index (χ4v) is 4.06. The topological polar surface area (TPSA) is 116 Å². The van der Waals surface area contributed by atoms with Gasteiger partial charge in [0.2, 0.25) is 5.91 Å². The van der Waals surface area contributed by atoms with Gasteiger partial charge >= 0.3 is 12.1 Å². The summed E-state index contributed by atoms with van der Waals surface area (Å²) < 4.78 is 5.40. The zero-order valence-corrected chi connectivity index (χ0v) is 18.2. The zero-order chi connectivity index (χ0) is 23.3. The number of hydrogen-bond acceptors (Lipinski definition) is 5. The molecule has 0 bridgehead atoms. The van der Waals surface area contributed by atoms with Gasteiger partial charge in [0, 0.05) is 19.5 Å². The highest BCUT2D eigenvalue weighted by Gasteiger charge is 2.29. The summed E-state index contributed by atoms with van der Waals surface area (Å²) in [5.41, 5.74) is 4.45. The average molecular weight is 440 g/mol. The highest BCUT2D eigenvalue weighted by Crippen LogP contribution is 2.44. The van der Waals surface area contributed by atoms with Crippen molar-refractivity contribution in [3.63, 3.8) is 0 Å². The van der Waals surface area contributed by atoms with E-state index in [1.807, 2.05) is 48.5 Å². The normalized spacial score (nSPS) is 14.1. The molecule has 8 nitrogen and oxygen atoms in total. The third kappa shape index (κ3) is 5.08. The molecule has 2 unspecified atom stereocenters. The van der Waals surface area contributed by atoms with Crippen LogP contribution in [0.5, 0.6) is 0 Å². The number of carboxylic acid groups (broad SMARTS) is 1. The molecule has 3 rings (SSSR count). The number of aliphatic carboxylic acids is 1. The molecule has 2 atom stereocenters. The van der Waals surface area contributed by atoms with Gasteiger partial charge in [-0.25, -0.2) is 9.59 Å². The Bertz CT molecular complexity index is 946. The second-order valence-corrected chi connectivity index (χ2v) is 7.83. The number of rotatable bonds is 9. The molecule has 2 aromatic rings. The summed E-state index contributed by atoms with van der Waals surface area (Å²) in [6, 6.07) is 15.0. The molecule has 0 saturated carbocycles. The van der Waals surface area contributed by atoms with Crippen LogP contribution in [-0.2, 0) is 14.3 Å². The average Bonchev–Trinajstić information content (AvgIpc) is 3.10. The molecule has 0 spiro atoms. The second kappa shape index (κ2) is 10.3. The van der Waals surface area contributed by atoms with Crippen LogP contribution in [0.1, 0.15) is 36.8 Å². The molecule has 170 valence electrons. The number of ether oxygens (including phenoxy) is 1. The first-order chi connectivity index (χ1) is 15.3. The molecular formula is C24H28N2O6. The van der Waals surface area contributed by atoms with E-state index in [0.717, 1.165) is 27.2 Å². The fourth-order valence-electron chi connectivity index (χ4n) is 4.06. The summed E-state index contributed by atoms with van der Waals surface area (Å²) in [4.78, 5) is 36.6. The van der Waals surface area contributed by atoms with E-state index in [2.05, 4.69) is 5.32 Å². The van der Waals surface area contributed by atoms with Gasteiger partial charge in [0.15, 0.2) is 0 Å². The number of alkyl carbamates (subject to hydrolysis) is 1. The lowest BCUT2D eigenvalue weighted by Crippen LogP contribution is -2.44. The van der Waals surface area contributed by atoms with Gasteiger partial charge in [-0.2, -0.15) is 0 Å². The fraction of sp³-hybridized carbons (Fsp3) is 0.375. The summed E-state index contributed by atoms with van der Waals surface area (Å²) >= 11 is 0. The lowest BCUT2D eigenvalue weighted by Gasteiger charge is -2.25. The molecule has 32 heavy (non-hydrogen) atoms. The van der Waals surface area contributed by atoms with Crippen LogP contribution in [0.3, 0.4) is 0 Å². The van der Waals surface area contributed by atoms with Gasteiger partial charge in [-0.3, -0.25) is 4.79 Å². The van der Waals surface area contributed by atoms with Gasteiger partial charge in [0.05, 0.1) is 12.5 Å². The Labute approximate surface area is 186 Å². The van der Waals surface area contributed by atoms with Gasteiger partial charge in [-0.05, 0) is 28.7 Å². The van der Waals surface area contributed by atoms with E-state index in [1.54, 1.807) is 6.92 Å². The number of likely N-dealkylation sites (N-methyl/N-ethyl adjacent to an activating group) is 1. The summed E-state index contributed by atoms with van der Waals surface area (Å²) in [6.45, 7) is 1.63. The number of fused-ring (bicyclic) bond motifs is 3. The standard InChI is InChI=1S/C24H28N2O6/c1-3-21(23(29)30)26(2)22(28)12-15(27)13-25-24(31)32-14-20-18-10-6-4-8-16(18)17-9-5-7-11-19(17)20/h4-11,15,20-21,27H,3,12-14H2,1-2H3,(H,25,31)(H,29,30). The number of aliphatic hydroxyl groups excluding tert-OH is 1. The van der Waals surface area contributed by atoms with Crippen LogP contribution in [0.15, 0.2) is 48.5 Å². The minimum atomic E-state index is -1.16. The van der Waals surface area contributed by atoms with Crippen molar-refractivity contribution in [2.45, 2.75) is 37.8 Å². The number of nitrogens with one attached hydrogen (secondary N) is 1.